The fraction of sp³-hybridized carbons (Fsp3) is 0.250. The van der Waals surface area contributed by atoms with Crippen LogP contribution >= 0.6 is 0 Å². The van der Waals surface area contributed by atoms with E-state index < -0.39 is 23.5 Å². The van der Waals surface area contributed by atoms with Gasteiger partial charge in [-0.2, -0.15) is 0 Å². The maximum Gasteiger partial charge on any atom is 0.407 e. The molecule has 3 N–H and O–H groups in total. The zero-order chi connectivity index (χ0) is 23.0. The zero-order valence-corrected chi connectivity index (χ0v) is 17.5. The van der Waals surface area contributed by atoms with Crippen molar-refractivity contribution in [3.8, 4) is 11.1 Å². The molecule has 3 aromatic rings. The lowest BCUT2D eigenvalue weighted by atomic mass is 9.98. The molecule has 0 radical (unpaired) electrons. The smallest absolute Gasteiger partial charge is 0.407 e. The number of carboxylic acid groups (broad SMARTS) is 1. The first-order chi connectivity index (χ1) is 16.0. The Morgan fingerprint density at radius 3 is 2.30 bits per heavy atom. The van der Waals surface area contributed by atoms with Crippen LogP contribution in [0.25, 0.3) is 11.1 Å². The predicted molar refractivity (Wildman–Crippen MR) is 115 cm³/mol. The van der Waals surface area contributed by atoms with E-state index in [4.69, 9.17) is 9.26 Å². The summed E-state index contributed by atoms with van der Waals surface area (Å²) < 4.78 is 10.3. The first-order valence-electron chi connectivity index (χ1n) is 10.6. The molecule has 0 bridgehead atoms. The Labute approximate surface area is 188 Å². The zero-order valence-electron chi connectivity index (χ0n) is 17.5. The van der Waals surface area contributed by atoms with Gasteiger partial charge in [-0.15, -0.1) is 0 Å². The van der Waals surface area contributed by atoms with Gasteiger partial charge in [-0.1, -0.05) is 53.7 Å². The second-order valence-corrected chi connectivity index (χ2v) is 8.20. The molecule has 1 saturated carbocycles. The van der Waals surface area contributed by atoms with Crippen molar-refractivity contribution in [1.29, 1.82) is 0 Å². The van der Waals surface area contributed by atoms with Gasteiger partial charge in [0.2, 0.25) is 0 Å². The van der Waals surface area contributed by atoms with Crippen LogP contribution < -0.4 is 10.6 Å². The summed E-state index contributed by atoms with van der Waals surface area (Å²) in [6.07, 6.45) is 1.21. The van der Waals surface area contributed by atoms with E-state index in [9.17, 15) is 19.5 Å². The van der Waals surface area contributed by atoms with Gasteiger partial charge in [0.05, 0.1) is 6.54 Å². The minimum atomic E-state index is -1.23. The molecule has 2 aromatic carbocycles. The summed E-state index contributed by atoms with van der Waals surface area (Å²) in [7, 11) is 0. The summed E-state index contributed by atoms with van der Waals surface area (Å²) in [4.78, 5) is 36.1. The third-order valence-corrected chi connectivity index (χ3v) is 6.15. The van der Waals surface area contributed by atoms with Crippen molar-refractivity contribution in [2.75, 3.05) is 6.61 Å². The number of alkyl carbamates (subject to hydrolysis) is 1. The molecule has 5 rings (SSSR count). The minimum Gasteiger partial charge on any atom is -0.480 e. The molecule has 0 spiro atoms. The molecule has 168 valence electrons. The monoisotopic (exact) mass is 447 g/mol. The average molecular weight is 447 g/mol. The van der Waals surface area contributed by atoms with Gasteiger partial charge in [0.15, 0.2) is 0 Å². The van der Waals surface area contributed by atoms with E-state index in [2.05, 4.69) is 27.9 Å². The van der Waals surface area contributed by atoms with Crippen molar-refractivity contribution in [1.82, 2.24) is 15.8 Å². The third-order valence-electron chi connectivity index (χ3n) is 6.15. The van der Waals surface area contributed by atoms with Crippen molar-refractivity contribution < 1.29 is 28.8 Å². The molecule has 9 heteroatoms. The number of hydrogen-bond donors (Lipinski definition) is 3. The number of fused-ring (bicyclic) bond motifs is 3. The number of rotatable bonds is 7. The number of carbonyl (C=O) groups excluding carboxylic acids is 2. The Morgan fingerprint density at radius 2 is 1.70 bits per heavy atom. The van der Waals surface area contributed by atoms with Crippen molar-refractivity contribution in [3.05, 3.63) is 77.2 Å². The summed E-state index contributed by atoms with van der Waals surface area (Å²) in [6.45, 7) is 0.0587. The van der Waals surface area contributed by atoms with Crippen molar-refractivity contribution in [2.45, 2.75) is 30.8 Å². The maximum absolute atomic E-state index is 12.4. The van der Waals surface area contributed by atoms with Crippen LogP contribution in [-0.2, 0) is 16.1 Å². The number of benzene rings is 2. The number of ether oxygens (including phenoxy) is 1. The van der Waals surface area contributed by atoms with E-state index in [-0.39, 0.29) is 30.3 Å². The van der Waals surface area contributed by atoms with Gasteiger partial charge < -0.3 is 25.0 Å². The number of aliphatic carboxylic acids is 1. The molecule has 1 fully saturated rings. The predicted octanol–water partition coefficient (Wildman–Crippen LogP) is 3.06. The third kappa shape index (κ3) is 3.82. The van der Waals surface area contributed by atoms with Gasteiger partial charge in [-0.25, -0.2) is 9.59 Å². The van der Waals surface area contributed by atoms with E-state index in [1.54, 1.807) is 0 Å². The number of amides is 2. The minimum absolute atomic E-state index is 0.0673. The first kappa shape index (κ1) is 20.7. The lowest BCUT2D eigenvalue weighted by Gasteiger charge is -2.14. The molecule has 33 heavy (non-hydrogen) atoms. The SMILES string of the molecule is O=C(NCc1nocc1C(=O)NC1(C(=O)O)CC1)OCC1c2ccccc2-c2ccccc21. The van der Waals surface area contributed by atoms with E-state index in [1.807, 2.05) is 36.4 Å². The number of nitrogens with zero attached hydrogens (tertiary/aromatic N) is 1. The molecule has 1 heterocycles. The summed E-state index contributed by atoms with van der Waals surface area (Å²) in [6, 6.07) is 16.1. The Bertz CT molecular complexity index is 1200. The number of carboxylic acids is 1. The molecule has 1 aromatic heterocycles. The van der Waals surface area contributed by atoms with Gasteiger partial charge in [0.25, 0.3) is 5.91 Å². The molecule has 2 amide bonds. The quantitative estimate of drug-likeness (QED) is 0.507. The molecule has 2 aliphatic rings. The Kier molecular flexibility index (Phi) is 5.08. The molecular formula is C24H21N3O6. The van der Waals surface area contributed by atoms with Crippen LogP contribution in [0.3, 0.4) is 0 Å². The summed E-state index contributed by atoms with van der Waals surface area (Å²) >= 11 is 0. The summed E-state index contributed by atoms with van der Waals surface area (Å²) in [5.41, 5.74) is 3.50. The van der Waals surface area contributed by atoms with Crippen molar-refractivity contribution >= 4 is 18.0 Å². The van der Waals surface area contributed by atoms with Crippen LogP contribution in [0.5, 0.6) is 0 Å². The van der Waals surface area contributed by atoms with E-state index >= 15 is 0 Å². The van der Waals surface area contributed by atoms with Gasteiger partial charge >= 0.3 is 12.1 Å². The highest BCUT2D eigenvalue weighted by atomic mass is 16.5. The number of hydrogen-bond acceptors (Lipinski definition) is 6. The number of nitrogens with one attached hydrogen (secondary N) is 2. The van der Waals surface area contributed by atoms with Crippen LogP contribution in [0, 0.1) is 0 Å². The van der Waals surface area contributed by atoms with E-state index in [0.29, 0.717) is 12.8 Å². The highest BCUT2D eigenvalue weighted by molar-refractivity contribution is 5.99. The topological polar surface area (TPSA) is 131 Å². The Hall–Kier alpha value is -4.14. The maximum atomic E-state index is 12.4. The van der Waals surface area contributed by atoms with Gasteiger partial charge in [0.1, 0.15) is 29.7 Å². The lowest BCUT2D eigenvalue weighted by Crippen LogP contribution is -2.43. The highest BCUT2D eigenvalue weighted by Gasteiger charge is 2.52. The standard InChI is InChI=1S/C24H21N3O6/c28-21(26-24(9-10-24)22(29)30)19-13-33-27-20(19)11-25-23(31)32-12-18-16-7-3-1-5-14(16)15-6-2-4-8-17(15)18/h1-8,13,18H,9-12H2,(H,25,31)(H,26,28)(H,29,30). The Morgan fingerprint density at radius 1 is 1.06 bits per heavy atom. The van der Waals surface area contributed by atoms with Crippen LogP contribution in [0.1, 0.15) is 45.9 Å². The second-order valence-electron chi connectivity index (χ2n) is 8.20. The first-order valence-corrected chi connectivity index (χ1v) is 10.6. The van der Waals surface area contributed by atoms with E-state index in [0.717, 1.165) is 28.5 Å². The van der Waals surface area contributed by atoms with Crippen molar-refractivity contribution in [3.63, 3.8) is 0 Å². The fourth-order valence-electron chi connectivity index (χ4n) is 4.18. The normalized spacial score (nSPS) is 15.3. The van der Waals surface area contributed by atoms with Gasteiger partial charge in [-0.3, -0.25) is 4.79 Å². The Balaban J connectivity index is 1.20. The molecule has 9 nitrogen and oxygen atoms in total. The molecule has 0 unspecified atom stereocenters. The van der Waals surface area contributed by atoms with Gasteiger partial charge in [-0.05, 0) is 35.1 Å². The average Bonchev–Trinajstić information content (AvgIpc) is 3.33. The summed E-state index contributed by atoms with van der Waals surface area (Å²) in [5.74, 6) is -1.76. The molecule has 0 aliphatic heterocycles. The van der Waals surface area contributed by atoms with Crippen LogP contribution in [0.15, 0.2) is 59.3 Å². The van der Waals surface area contributed by atoms with Crippen molar-refractivity contribution in [2.24, 2.45) is 0 Å². The van der Waals surface area contributed by atoms with Gasteiger partial charge in [0, 0.05) is 5.92 Å². The molecular weight excluding hydrogens is 426 g/mol. The van der Waals surface area contributed by atoms with Crippen LogP contribution in [0.2, 0.25) is 0 Å². The molecule has 0 saturated heterocycles. The largest absolute Gasteiger partial charge is 0.480 e. The number of aromatic nitrogens is 1. The summed E-state index contributed by atoms with van der Waals surface area (Å²) in [5, 5.41) is 18.1. The molecule has 2 aliphatic carbocycles. The second kappa shape index (κ2) is 8.09. The highest BCUT2D eigenvalue weighted by Crippen LogP contribution is 2.44. The van der Waals surface area contributed by atoms with Crippen LogP contribution in [0.4, 0.5) is 4.79 Å². The fourth-order valence-corrected chi connectivity index (χ4v) is 4.18. The molecule has 0 atom stereocenters. The van der Waals surface area contributed by atoms with Crippen LogP contribution in [-0.4, -0.2) is 40.4 Å². The number of carbonyl (C=O) groups is 3. The van der Waals surface area contributed by atoms with E-state index in [1.165, 1.54) is 0 Å². The lowest BCUT2D eigenvalue weighted by molar-refractivity contribution is -0.140.